The molecule has 1 unspecified atom stereocenters. The number of carbonyl (C=O) groups excluding carboxylic acids is 1. The van der Waals surface area contributed by atoms with Crippen LogP contribution >= 0.6 is 0 Å². The molecule has 2 aliphatic rings. The van der Waals surface area contributed by atoms with Crippen molar-refractivity contribution in [1.29, 1.82) is 0 Å². The lowest BCUT2D eigenvalue weighted by molar-refractivity contribution is -0.143. The van der Waals surface area contributed by atoms with Crippen molar-refractivity contribution in [3.63, 3.8) is 0 Å². The number of para-hydroxylation sites is 1. The van der Waals surface area contributed by atoms with Gasteiger partial charge in [-0.1, -0.05) is 30.4 Å². The molecule has 172 valence electrons. The standard InChI is InChI=1S/C25H36O6/c1-2-29-25(28)10-6-7-18-11-13-22-21(23(27)15-24(22)31-16-18)14-12-19(26)17-30-20-8-4-3-5-9-20/h3-5,8-9,12,14,18-19,21-24,26-27H,2,6-7,10-11,13,15-17H2,1H3/b14-12+/t18?,19-,21-,22-,23-,24+/m1/s1. The van der Waals surface area contributed by atoms with E-state index >= 15 is 0 Å². The molecule has 1 heterocycles. The molecule has 6 atom stereocenters. The summed E-state index contributed by atoms with van der Waals surface area (Å²) in [6.45, 7) is 3.11. The van der Waals surface area contributed by atoms with E-state index in [1.54, 1.807) is 6.08 Å². The molecule has 0 amide bonds. The quantitative estimate of drug-likeness (QED) is 0.435. The molecule has 1 saturated heterocycles. The van der Waals surface area contributed by atoms with Crippen molar-refractivity contribution in [3.8, 4) is 5.75 Å². The van der Waals surface area contributed by atoms with Crippen LogP contribution in [0, 0.1) is 17.8 Å². The Morgan fingerprint density at radius 2 is 2.10 bits per heavy atom. The maximum absolute atomic E-state index is 11.5. The molecule has 0 aromatic heterocycles. The lowest BCUT2D eigenvalue weighted by Gasteiger charge is -2.21. The summed E-state index contributed by atoms with van der Waals surface area (Å²) >= 11 is 0. The summed E-state index contributed by atoms with van der Waals surface area (Å²) in [4.78, 5) is 11.5. The second kappa shape index (κ2) is 12.2. The number of aliphatic hydroxyl groups is 2. The van der Waals surface area contributed by atoms with Gasteiger partial charge >= 0.3 is 5.97 Å². The summed E-state index contributed by atoms with van der Waals surface area (Å²) in [5.41, 5.74) is 0. The molecule has 0 radical (unpaired) electrons. The van der Waals surface area contributed by atoms with Gasteiger partial charge in [-0.3, -0.25) is 4.79 Å². The van der Waals surface area contributed by atoms with Gasteiger partial charge in [-0.25, -0.2) is 0 Å². The fraction of sp³-hybridized carbons (Fsp3) is 0.640. The van der Waals surface area contributed by atoms with E-state index < -0.39 is 12.2 Å². The van der Waals surface area contributed by atoms with Crippen LogP contribution in [0.2, 0.25) is 0 Å². The minimum atomic E-state index is -0.728. The molecule has 6 heteroatoms. The second-order valence-electron chi connectivity index (χ2n) is 8.63. The first-order chi connectivity index (χ1) is 15.1. The average molecular weight is 433 g/mol. The third-order valence-electron chi connectivity index (χ3n) is 6.36. The molecule has 0 bridgehead atoms. The van der Waals surface area contributed by atoms with E-state index in [9.17, 15) is 15.0 Å². The van der Waals surface area contributed by atoms with Gasteiger partial charge in [-0.05, 0) is 56.6 Å². The Morgan fingerprint density at radius 3 is 2.87 bits per heavy atom. The van der Waals surface area contributed by atoms with Crippen molar-refractivity contribution < 1.29 is 29.2 Å². The lowest BCUT2D eigenvalue weighted by atomic mass is 9.86. The van der Waals surface area contributed by atoms with Gasteiger partial charge < -0.3 is 24.4 Å². The number of benzene rings is 1. The van der Waals surface area contributed by atoms with E-state index in [1.165, 1.54) is 0 Å². The molecule has 1 aliphatic heterocycles. The van der Waals surface area contributed by atoms with Gasteiger partial charge in [0.25, 0.3) is 0 Å². The molecule has 6 nitrogen and oxygen atoms in total. The minimum absolute atomic E-state index is 0.0188. The zero-order valence-corrected chi connectivity index (χ0v) is 18.4. The Balaban J connectivity index is 1.45. The zero-order chi connectivity index (χ0) is 22.1. The van der Waals surface area contributed by atoms with Gasteiger partial charge in [0.05, 0.1) is 18.8 Å². The number of carbonyl (C=O) groups is 1. The summed E-state index contributed by atoms with van der Waals surface area (Å²) in [5.74, 6) is 1.27. The topological polar surface area (TPSA) is 85.2 Å². The summed E-state index contributed by atoms with van der Waals surface area (Å²) in [5, 5.41) is 20.8. The molecule has 1 aromatic rings. The van der Waals surface area contributed by atoms with Gasteiger partial charge in [0, 0.05) is 25.4 Å². The van der Waals surface area contributed by atoms with Crippen LogP contribution in [0.1, 0.15) is 45.4 Å². The predicted octanol–water partition coefficient (Wildman–Crippen LogP) is 3.51. The van der Waals surface area contributed by atoms with Gasteiger partial charge in [0.2, 0.25) is 0 Å². The number of fused-ring (bicyclic) bond motifs is 1. The molecule has 31 heavy (non-hydrogen) atoms. The summed E-state index contributed by atoms with van der Waals surface area (Å²) in [7, 11) is 0. The largest absolute Gasteiger partial charge is 0.491 e. The van der Waals surface area contributed by atoms with Crippen molar-refractivity contribution >= 4 is 5.97 Å². The van der Waals surface area contributed by atoms with E-state index in [0.29, 0.717) is 32.0 Å². The molecule has 2 fully saturated rings. The zero-order valence-electron chi connectivity index (χ0n) is 18.4. The SMILES string of the molecule is CCOC(=O)CCCC1CC[C@@H]2[C@@H](/C=C/[C@@H](O)COc3ccccc3)[C@H](O)C[C@@H]2OC1. The Bertz CT molecular complexity index is 691. The van der Waals surface area contributed by atoms with Crippen LogP contribution in [-0.2, 0) is 14.3 Å². The molecular formula is C25H36O6. The molecule has 0 spiro atoms. The number of hydrogen-bond donors (Lipinski definition) is 2. The Hall–Kier alpha value is -1.89. The molecule has 1 aromatic carbocycles. The first-order valence-electron chi connectivity index (χ1n) is 11.6. The summed E-state index contributed by atoms with van der Waals surface area (Å²) in [6.07, 6.45) is 7.44. The fourth-order valence-electron chi connectivity index (χ4n) is 4.72. The average Bonchev–Trinajstić information content (AvgIpc) is 2.93. The van der Waals surface area contributed by atoms with Crippen LogP contribution in [0.15, 0.2) is 42.5 Å². The number of hydrogen-bond acceptors (Lipinski definition) is 6. The van der Waals surface area contributed by atoms with Gasteiger partial charge in [-0.15, -0.1) is 0 Å². The first kappa shape index (κ1) is 23.8. The Morgan fingerprint density at radius 1 is 1.29 bits per heavy atom. The molecule has 1 aliphatic carbocycles. The highest BCUT2D eigenvalue weighted by molar-refractivity contribution is 5.69. The summed E-state index contributed by atoms with van der Waals surface area (Å²) in [6, 6.07) is 9.41. The highest BCUT2D eigenvalue weighted by atomic mass is 16.5. The normalized spacial score (nSPS) is 29.3. The van der Waals surface area contributed by atoms with Crippen molar-refractivity contribution in [2.75, 3.05) is 19.8 Å². The number of aliphatic hydroxyl groups excluding tert-OH is 2. The minimum Gasteiger partial charge on any atom is -0.491 e. The smallest absolute Gasteiger partial charge is 0.305 e. The monoisotopic (exact) mass is 432 g/mol. The Kier molecular flexibility index (Phi) is 9.37. The first-order valence-corrected chi connectivity index (χ1v) is 11.6. The van der Waals surface area contributed by atoms with Crippen LogP contribution in [0.25, 0.3) is 0 Å². The van der Waals surface area contributed by atoms with E-state index in [0.717, 1.165) is 31.4 Å². The van der Waals surface area contributed by atoms with E-state index in [2.05, 4.69) is 0 Å². The maximum Gasteiger partial charge on any atom is 0.305 e. The van der Waals surface area contributed by atoms with Crippen LogP contribution < -0.4 is 4.74 Å². The van der Waals surface area contributed by atoms with Gasteiger partial charge in [0.15, 0.2) is 0 Å². The fourth-order valence-corrected chi connectivity index (χ4v) is 4.72. The van der Waals surface area contributed by atoms with E-state index in [4.69, 9.17) is 14.2 Å². The lowest BCUT2D eigenvalue weighted by Crippen LogP contribution is -2.22. The molecule has 3 rings (SSSR count). The van der Waals surface area contributed by atoms with Crippen LogP contribution in [-0.4, -0.2) is 54.3 Å². The van der Waals surface area contributed by atoms with Gasteiger partial charge in [-0.2, -0.15) is 0 Å². The van der Waals surface area contributed by atoms with Crippen molar-refractivity contribution in [3.05, 3.63) is 42.5 Å². The number of rotatable bonds is 10. The number of ether oxygens (including phenoxy) is 3. The van der Waals surface area contributed by atoms with Crippen LogP contribution in [0.3, 0.4) is 0 Å². The predicted molar refractivity (Wildman–Crippen MR) is 118 cm³/mol. The van der Waals surface area contributed by atoms with E-state index in [-0.39, 0.29) is 30.5 Å². The van der Waals surface area contributed by atoms with Crippen molar-refractivity contribution in [2.45, 2.75) is 63.8 Å². The van der Waals surface area contributed by atoms with Crippen molar-refractivity contribution in [1.82, 2.24) is 0 Å². The number of esters is 1. The molecule has 1 saturated carbocycles. The van der Waals surface area contributed by atoms with Gasteiger partial charge in [0.1, 0.15) is 18.5 Å². The van der Waals surface area contributed by atoms with E-state index in [1.807, 2.05) is 43.3 Å². The third kappa shape index (κ3) is 7.34. The maximum atomic E-state index is 11.5. The molecular weight excluding hydrogens is 396 g/mol. The Labute approximate surface area is 185 Å². The molecule has 2 N–H and O–H groups in total. The van der Waals surface area contributed by atoms with Crippen LogP contribution in [0.5, 0.6) is 5.75 Å². The third-order valence-corrected chi connectivity index (χ3v) is 6.36. The highest BCUT2D eigenvalue weighted by Gasteiger charge is 2.43. The second-order valence-corrected chi connectivity index (χ2v) is 8.63. The van der Waals surface area contributed by atoms with Crippen LogP contribution in [0.4, 0.5) is 0 Å². The van der Waals surface area contributed by atoms with Crippen molar-refractivity contribution in [2.24, 2.45) is 17.8 Å². The summed E-state index contributed by atoms with van der Waals surface area (Å²) < 4.78 is 16.8. The highest BCUT2D eigenvalue weighted by Crippen LogP contribution is 2.42.